The fraction of sp³-hybridized carbons (Fsp3) is 0.417. The van der Waals surface area contributed by atoms with Gasteiger partial charge in [0.05, 0.1) is 31.1 Å². The largest absolute Gasteiger partial charge is 0.377 e. The van der Waals surface area contributed by atoms with Crippen molar-refractivity contribution in [2.45, 2.75) is 13.0 Å². The van der Waals surface area contributed by atoms with Gasteiger partial charge in [-0.25, -0.2) is 9.97 Å². The van der Waals surface area contributed by atoms with Crippen molar-refractivity contribution in [1.82, 2.24) is 20.2 Å². The molecule has 1 aliphatic heterocycles. The Balaban J connectivity index is 1.94. The second-order valence-electron chi connectivity index (χ2n) is 4.30. The smallest absolute Gasteiger partial charge is 0.225 e. The number of aromatic amines is 1. The van der Waals surface area contributed by atoms with Gasteiger partial charge in [-0.15, -0.1) is 0 Å². The van der Waals surface area contributed by atoms with Crippen LogP contribution in [0, 0.1) is 6.92 Å². The van der Waals surface area contributed by atoms with E-state index < -0.39 is 0 Å². The molecule has 1 atom stereocenters. The second-order valence-corrected chi connectivity index (χ2v) is 4.30. The Bertz CT molecular complexity index is 512. The van der Waals surface area contributed by atoms with E-state index in [-0.39, 0.29) is 6.04 Å². The van der Waals surface area contributed by atoms with Gasteiger partial charge < -0.3 is 9.64 Å². The lowest BCUT2D eigenvalue weighted by molar-refractivity contribution is 0.0919. The molecule has 0 bridgehead atoms. The highest BCUT2D eigenvalue weighted by Gasteiger charge is 2.28. The molecule has 6 nitrogen and oxygen atoms in total. The summed E-state index contributed by atoms with van der Waals surface area (Å²) in [5, 5.41) is 7.12. The molecule has 1 saturated heterocycles. The monoisotopic (exact) mass is 245 g/mol. The normalized spacial score (nSPS) is 20.1. The molecule has 3 heterocycles. The van der Waals surface area contributed by atoms with E-state index in [4.69, 9.17) is 4.74 Å². The summed E-state index contributed by atoms with van der Waals surface area (Å²) in [6.07, 6.45) is 5.34. The number of rotatable bonds is 2. The zero-order valence-corrected chi connectivity index (χ0v) is 10.2. The van der Waals surface area contributed by atoms with Crippen molar-refractivity contribution in [3.8, 4) is 0 Å². The van der Waals surface area contributed by atoms with Gasteiger partial charge in [-0.1, -0.05) is 0 Å². The Morgan fingerprint density at radius 1 is 1.39 bits per heavy atom. The number of aromatic nitrogens is 4. The van der Waals surface area contributed by atoms with Gasteiger partial charge in [0.25, 0.3) is 0 Å². The van der Waals surface area contributed by atoms with E-state index in [9.17, 15) is 0 Å². The first-order valence-electron chi connectivity index (χ1n) is 5.97. The van der Waals surface area contributed by atoms with Crippen LogP contribution in [0.25, 0.3) is 0 Å². The van der Waals surface area contributed by atoms with Crippen molar-refractivity contribution in [3.05, 3.63) is 35.9 Å². The van der Waals surface area contributed by atoms with Crippen molar-refractivity contribution >= 4 is 5.95 Å². The number of hydrogen-bond acceptors (Lipinski definition) is 5. The molecule has 0 saturated carbocycles. The number of hydrogen-bond donors (Lipinski definition) is 1. The second kappa shape index (κ2) is 4.73. The number of nitrogens with one attached hydrogen (secondary N) is 1. The van der Waals surface area contributed by atoms with Crippen molar-refractivity contribution in [2.75, 3.05) is 24.7 Å². The summed E-state index contributed by atoms with van der Waals surface area (Å²) < 4.78 is 5.57. The van der Waals surface area contributed by atoms with Crippen LogP contribution < -0.4 is 4.90 Å². The van der Waals surface area contributed by atoms with Crippen molar-refractivity contribution < 1.29 is 4.74 Å². The molecular weight excluding hydrogens is 230 g/mol. The molecular formula is C12H15N5O. The van der Waals surface area contributed by atoms with E-state index in [0.29, 0.717) is 13.2 Å². The first kappa shape index (κ1) is 11.2. The topological polar surface area (TPSA) is 66.9 Å². The van der Waals surface area contributed by atoms with Crippen LogP contribution in [0.15, 0.2) is 24.7 Å². The highest BCUT2D eigenvalue weighted by molar-refractivity contribution is 5.36. The Labute approximate surface area is 105 Å². The number of H-pyrrole nitrogens is 1. The Hall–Kier alpha value is -1.95. The summed E-state index contributed by atoms with van der Waals surface area (Å²) in [4.78, 5) is 10.8. The van der Waals surface area contributed by atoms with Gasteiger partial charge in [-0.05, 0) is 18.6 Å². The molecule has 3 rings (SSSR count). The number of morpholine rings is 1. The first-order chi connectivity index (χ1) is 8.86. The third kappa shape index (κ3) is 1.95. The van der Waals surface area contributed by atoms with Crippen LogP contribution >= 0.6 is 0 Å². The van der Waals surface area contributed by atoms with Gasteiger partial charge in [0, 0.05) is 18.9 Å². The highest BCUT2D eigenvalue weighted by Crippen LogP contribution is 2.27. The Kier molecular flexibility index (Phi) is 2.93. The van der Waals surface area contributed by atoms with Crippen molar-refractivity contribution in [1.29, 1.82) is 0 Å². The van der Waals surface area contributed by atoms with Crippen LogP contribution in [-0.4, -0.2) is 39.9 Å². The fourth-order valence-corrected chi connectivity index (χ4v) is 2.22. The lowest BCUT2D eigenvalue weighted by atomic mass is 10.1. The minimum atomic E-state index is 0.101. The van der Waals surface area contributed by atoms with Crippen molar-refractivity contribution in [3.63, 3.8) is 0 Å². The Morgan fingerprint density at radius 2 is 2.22 bits per heavy atom. The summed E-state index contributed by atoms with van der Waals surface area (Å²) >= 11 is 0. The fourth-order valence-electron chi connectivity index (χ4n) is 2.22. The van der Waals surface area contributed by atoms with E-state index in [2.05, 4.69) is 25.1 Å². The van der Waals surface area contributed by atoms with Gasteiger partial charge in [-0.3, -0.25) is 5.10 Å². The average molecular weight is 245 g/mol. The Morgan fingerprint density at radius 3 is 2.94 bits per heavy atom. The van der Waals surface area contributed by atoms with Gasteiger partial charge in [0.15, 0.2) is 0 Å². The van der Waals surface area contributed by atoms with Gasteiger partial charge in [0.2, 0.25) is 5.95 Å². The van der Waals surface area contributed by atoms with Crippen LogP contribution in [0.5, 0.6) is 0 Å². The predicted octanol–water partition coefficient (Wildman–Crippen LogP) is 1.09. The van der Waals surface area contributed by atoms with Gasteiger partial charge in [0.1, 0.15) is 0 Å². The lowest BCUT2D eigenvalue weighted by Gasteiger charge is -2.35. The molecule has 2 aromatic heterocycles. The van der Waals surface area contributed by atoms with E-state index in [0.717, 1.165) is 23.8 Å². The van der Waals surface area contributed by atoms with E-state index in [1.54, 1.807) is 12.4 Å². The molecule has 0 aromatic carbocycles. The maximum absolute atomic E-state index is 5.57. The molecule has 0 radical (unpaired) electrons. The van der Waals surface area contributed by atoms with E-state index in [1.807, 2.05) is 19.2 Å². The summed E-state index contributed by atoms with van der Waals surface area (Å²) in [7, 11) is 0. The molecule has 18 heavy (non-hydrogen) atoms. The summed E-state index contributed by atoms with van der Waals surface area (Å²) in [5.41, 5.74) is 2.20. The highest BCUT2D eigenvalue weighted by atomic mass is 16.5. The third-order valence-corrected chi connectivity index (χ3v) is 3.14. The van der Waals surface area contributed by atoms with Gasteiger partial charge >= 0.3 is 0 Å². The minimum Gasteiger partial charge on any atom is -0.377 e. The summed E-state index contributed by atoms with van der Waals surface area (Å²) in [6, 6.07) is 1.92. The molecule has 1 aliphatic rings. The maximum Gasteiger partial charge on any atom is 0.225 e. The number of ether oxygens (including phenoxy) is 1. The molecule has 1 fully saturated rings. The number of anilines is 1. The number of aryl methyl sites for hydroxylation is 1. The average Bonchev–Trinajstić information content (AvgIpc) is 2.86. The third-order valence-electron chi connectivity index (χ3n) is 3.14. The van der Waals surface area contributed by atoms with Crippen LogP contribution in [-0.2, 0) is 4.74 Å². The quantitative estimate of drug-likeness (QED) is 0.857. The molecule has 0 unspecified atom stereocenters. The van der Waals surface area contributed by atoms with Crippen molar-refractivity contribution in [2.24, 2.45) is 0 Å². The predicted molar refractivity (Wildman–Crippen MR) is 66.3 cm³/mol. The minimum absolute atomic E-state index is 0.101. The zero-order chi connectivity index (χ0) is 12.4. The standard InChI is InChI=1S/C12H15N5O/c1-9-7-15-16-11(9)10-8-18-6-5-17(10)12-13-3-2-4-14-12/h2-4,7,10H,5-6,8H2,1H3,(H,15,16)/t10-/m1/s1. The maximum atomic E-state index is 5.57. The van der Waals surface area contributed by atoms with E-state index in [1.165, 1.54) is 0 Å². The SMILES string of the molecule is Cc1cn[nH]c1[C@H]1COCCN1c1ncccn1. The molecule has 6 heteroatoms. The van der Waals surface area contributed by atoms with Crippen LogP contribution in [0.3, 0.4) is 0 Å². The van der Waals surface area contributed by atoms with Crippen LogP contribution in [0.2, 0.25) is 0 Å². The molecule has 1 N–H and O–H groups in total. The first-order valence-corrected chi connectivity index (χ1v) is 5.97. The zero-order valence-electron chi connectivity index (χ0n) is 10.2. The molecule has 0 amide bonds. The molecule has 0 aliphatic carbocycles. The number of nitrogens with zero attached hydrogens (tertiary/aromatic N) is 4. The molecule has 2 aromatic rings. The lowest BCUT2D eigenvalue weighted by Crippen LogP contribution is -2.41. The van der Waals surface area contributed by atoms with Gasteiger partial charge in [-0.2, -0.15) is 5.10 Å². The van der Waals surface area contributed by atoms with Crippen LogP contribution in [0.1, 0.15) is 17.3 Å². The molecule has 0 spiro atoms. The van der Waals surface area contributed by atoms with Crippen LogP contribution in [0.4, 0.5) is 5.95 Å². The summed E-state index contributed by atoms with van der Waals surface area (Å²) in [6.45, 7) is 4.15. The molecule has 94 valence electrons. The summed E-state index contributed by atoms with van der Waals surface area (Å²) in [5.74, 6) is 0.736. The van der Waals surface area contributed by atoms with E-state index >= 15 is 0 Å².